The van der Waals surface area contributed by atoms with Gasteiger partial charge in [0.15, 0.2) is 5.82 Å². The van der Waals surface area contributed by atoms with Crippen LogP contribution in [0, 0.1) is 11.6 Å². The predicted molar refractivity (Wildman–Crippen MR) is 113 cm³/mol. The monoisotopic (exact) mass is 409 g/mol. The third kappa shape index (κ3) is 3.21. The number of benzene rings is 2. The second-order valence-corrected chi connectivity index (χ2v) is 7.59. The van der Waals surface area contributed by atoms with Crippen molar-refractivity contribution in [1.29, 1.82) is 0 Å². The summed E-state index contributed by atoms with van der Waals surface area (Å²) in [5.41, 5.74) is 2.05. The predicted octanol–water partition coefficient (Wildman–Crippen LogP) is 3.34. The number of anilines is 3. The lowest BCUT2D eigenvalue weighted by Gasteiger charge is -2.19. The topological polar surface area (TPSA) is 70.9 Å². The summed E-state index contributed by atoms with van der Waals surface area (Å²) in [7, 11) is 3.67. The van der Waals surface area contributed by atoms with E-state index in [1.807, 2.05) is 13.1 Å². The summed E-state index contributed by atoms with van der Waals surface area (Å²) in [6, 6.07) is 6.86. The van der Waals surface area contributed by atoms with E-state index in [1.54, 1.807) is 24.0 Å². The van der Waals surface area contributed by atoms with Gasteiger partial charge >= 0.3 is 0 Å². The number of fused-ring (bicyclic) bond motifs is 2. The first-order valence-corrected chi connectivity index (χ1v) is 9.78. The Kier molecular flexibility index (Phi) is 4.47. The molecule has 0 amide bonds. The first-order chi connectivity index (χ1) is 14.5. The molecule has 1 aliphatic heterocycles. The molecule has 0 radical (unpaired) electrons. The van der Waals surface area contributed by atoms with E-state index in [1.165, 1.54) is 18.5 Å². The van der Waals surface area contributed by atoms with E-state index in [0.29, 0.717) is 28.5 Å². The third-order valence-electron chi connectivity index (χ3n) is 5.58. The number of nitrogens with one attached hydrogen (secondary N) is 2. The lowest BCUT2D eigenvalue weighted by Crippen LogP contribution is -2.29. The van der Waals surface area contributed by atoms with Crippen molar-refractivity contribution >= 4 is 39.0 Å². The zero-order valence-corrected chi connectivity index (χ0v) is 16.7. The van der Waals surface area contributed by atoms with E-state index in [9.17, 15) is 4.39 Å². The molecule has 1 atom stereocenters. The molecule has 0 bridgehead atoms. The Morgan fingerprint density at radius 3 is 2.77 bits per heavy atom. The second-order valence-electron chi connectivity index (χ2n) is 7.59. The van der Waals surface area contributed by atoms with Gasteiger partial charge in [-0.05, 0) is 37.7 Å². The largest absolute Gasteiger partial charge is 0.370 e. The van der Waals surface area contributed by atoms with Crippen molar-refractivity contribution < 1.29 is 8.78 Å². The number of rotatable bonds is 4. The van der Waals surface area contributed by atoms with E-state index in [4.69, 9.17) is 0 Å². The molecular formula is C21H21F2N7. The summed E-state index contributed by atoms with van der Waals surface area (Å²) in [5.74, 6) is -0.576. The van der Waals surface area contributed by atoms with Crippen molar-refractivity contribution in [2.24, 2.45) is 7.05 Å². The van der Waals surface area contributed by atoms with Gasteiger partial charge in [-0.1, -0.05) is 0 Å². The molecule has 7 nitrogen and oxygen atoms in total. The zero-order chi connectivity index (χ0) is 20.8. The van der Waals surface area contributed by atoms with Gasteiger partial charge in [0.25, 0.3) is 0 Å². The minimum atomic E-state index is -0.454. The quantitative estimate of drug-likeness (QED) is 0.539. The standard InChI is InChI=1S/C21H21F2N7/c1-24-13-3-4-30(10-13)15-7-16(22)19-18(8-15)25-11-26-21(19)27-14-5-12-9-29(2)28-20(12)17(23)6-14/h5-9,11,13,24H,3-4,10H2,1-2H3,(H,25,26,27)/t13-/m1/s1. The molecule has 154 valence electrons. The molecule has 3 heterocycles. The molecule has 30 heavy (non-hydrogen) atoms. The minimum Gasteiger partial charge on any atom is -0.370 e. The van der Waals surface area contributed by atoms with Crippen LogP contribution >= 0.6 is 0 Å². The van der Waals surface area contributed by atoms with Crippen LogP contribution in [0.3, 0.4) is 0 Å². The van der Waals surface area contributed by atoms with Crippen molar-refractivity contribution in [3.8, 4) is 0 Å². The van der Waals surface area contributed by atoms with E-state index in [0.717, 1.165) is 25.2 Å². The molecular weight excluding hydrogens is 388 g/mol. The van der Waals surface area contributed by atoms with Crippen LogP contribution in [0.1, 0.15) is 6.42 Å². The Morgan fingerprint density at radius 1 is 1.10 bits per heavy atom. The molecule has 9 heteroatoms. The molecule has 5 rings (SSSR count). The zero-order valence-electron chi connectivity index (χ0n) is 16.7. The molecule has 0 unspecified atom stereocenters. The summed E-state index contributed by atoms with van der Waals surface area (Å²) in [6.07, 6.45) is 4.12. The van der Waals surface area contributed by atoms with Crippen molar-refractivity contribution in [3.05, 3.63) is 48.4 Å². The van der Waals surface area contributed by atoms with E-state index in [2.05, 4.69) is 30.6 Å². The molecule has 4 aromatic rings. The molecule has 2 aromatic heterocycles. The molecule has 1 fully saturated rings. The maximum absolute atomic E-state index is 15.1. The fourth-order valence-electron chi connectivity index (χ4n) is 4.06. The van der Waals surface area contributed by atoms with Gasteiger partial charge in [0.1, 0.15) is 23.5 Å². The van der Waals surface area contributed by atoms with E-state index < -0.39 is 11.6 Å². The highest BCUT2D eigenvalue weighted by atomic mass is 19.1. The summed E-state index contributed by atoms with van der Waals surface area (Å²) in [5, 5.41) is 11.3. The fraction of sp³-hybridized carbons (Fsp3) is 0.286. The lowest BCUT2D eigenvalue weighted by molar-refractivity contribution is 0.616. The molecule has 0 saturated carbocycles. The Hall–Kier alpha value is -3.33. The smallest absolute Gasteiger partial charge is 0.153 e. The molecule has 0 spiro atoms. The number of hydrogen-bond acceptors (Lipinski definition) is 6. The average molecular weight is 409 g/mol. The highest BCUT2D eigenvalue weighted by molar-refractivity contribution is 5.94. The summed E-state index contributed by atoms with van der Waals surface area (Å²) in [4.78, 5) is 10.6. The van der Waals surface area contributed by atoms with Crippen LogP contribution in [0.25, 0.3) is 21.8 Å². The number of halogens is 2. The van der Waals surface area contributed by atoms with Gasteiger partial charge in [-0.2, -0.15) is 5.10 Å². The van der Waals surface area contributed by atoms with Gasteiger partial charge in [-0.25, -0.2) is 18.7 Å². The SMILES string of the molecule is CN[C@@H]1CCN(c2cc(F)c3c(Nc4cc(F)c5nn(C)cc5c4)ncnc3c2)C1. The minimum absolute atomic E-state index is 0.275. The lowest BCUT2D eigenvalue weighted by atomic mass is 10.1. The molecule has 1 aliphatic rings. The Morgan fingerprint density at radius 2 is 1.97 bits per heavy atom. The van der Waals surface area contributed by atoms with Crippen LogP contribution in [-0.2, 0) is 7.05 Å². The first kappa shape index (κ1) is 18.7. The fourth-order valence-corrected chi connectivity index (χ4v) is 4.06. The van der Waals surface area contributed by atoms with Crippen LogP contribution in [0.5, 0.6) is 0 Å². The van der Waals surface area contributed by atoms with Gasteiger partial charge in [0.2, 0.25) is 0 Å². The molecule has 2 N–H and O–H groups in total. The van der Waals surface area contributed by atoms with Crippen LogP contribution in [0.2, 0.25) is 0 Å². The molecule has 2 aromatic carbocycles. The van der Waals surface area contributed by atoms with Crippen LogP contribution in [0.4, 0.5) is 26.0 Å². The number of aryl methyl sites for hydroxylation is 1. The normalized spacial score (nSPS) is 16.7. The number of nitrogens with zero attached hydrogens (tertiary/aromatic N) is 5. The number of likely N-dealkylation sites (N-methyl/N-ethyl adjacent to an activating group) is 1. The first-order valence-electron chi connectivity index (χ1n) is 9.78. The van der Waals surface area contributed by atoms with E-state index >= 15 is 4.39 Å². The summed E-state index contributed by atoms with van der Waals surface area (Å²) in [6.45, 7) is 1.68. The average Bonchev–Trinajstić information content (AvgIpc) is 3.34. The van der Waals surface area contributed by atoms with Crippen molar-refractivity contribution in [1.82, 2.24) is 25.1 Å². The maximum atomic E-state index is 15.1. The van der Waals surface area contributed by atoms with Crippen molar-refractivity contribution in [3.63, 3.8) is 0 Å². The summed E-state index contributed by atoms with van der Waals surface area (Å²) < 4.78 is 31.1. The van der Waals surface area contributed by atoms with Crippen molar-refractivity contribution in [2.45, 2.75) is 12.5 Å². The third-order valence-corrected chi connectivity index (χ3v) is 5.58. The number of aromatic nitrogens is 4. The Balaban J connectivity index is 1.52. The highest BCUT2D eigenvalue weighted by Gasteiger charge is 2.23. The molecule has 0 aliphatic carbocycles. The summed E-state index contributed by atoms with van der Waals surface area (Å²) >= 11 is 0. The van der Waals surface area contributed by atoms with Crippen molar-refractivity contribution in [2.75, 3.05) is 30.4 Å². The van der Waals surface area contributed by atoms with Crippen LogP contribution in [-0.4, -0.2) is 45.9 Å². The van der Waals surface area contributed by atoms with Crippen LogP contribution < -0.4 is 15.5 Å². The van der Waals surface area contributed by atoms with Gasteiger partial charge in [-0.15, -0.1) is 0 Å². The Labute approximate surface area is 171 Å². The van der Waals surface area contributed by atoms with Gasteiger partial charge in [-0.3, -0.25) is 4.68 Å². The molecule has 1 saturated heterocycles. The van der Waals surface area contributed by atoms with Gasteiger partial charge in [0, 0.05) is 49.1 Å². The maximum Gasteiger partial charge on any atom is 0.153 e. The highest BCUT2D eigenvalue weighted by Crippen LogP contribution is 2.32. The van der Waals surface area contributed by atoms with Gasteiger partial charge in [0.05, 0.1) is 10.9 Å². The Bertz CT molecular complexity index is 1250. The van der Waals surface area contributed by atoms with Crippen LogP contribution in [0.15, 0.2) is 36.8 Å². The van der Waals surface area contributed by atoms with Gasteiger partial charge < -0.3 is 15.5 Å². The van der Waals surface area contributed by atoms with E-state index in [-0.39, 0.29) is 10.9 Å². The second kappa shape index (κ2) is 7.17. The number of hydrogen-bond donors (Lipinski definition) is 2.